The maximum atomic E-state index is 11.6. The van der Waals surface area contributed by atoms with Gasteiger partial charge in [-0.2, -0.15) is 0 Å². The van der Waals surface area contributed by atoms with Crippen LogP contribution in [0.2, 0.25) is 0 Å². The van der Waals surface area contributed by atoms with Crippen molar-refractivity contribution in [3.63, 3.8) is 0 Å². The predicted molar refractivity (Wildman–Crippen MR) is 87.3 cm³/mol. The normalized spacial score (nSPS) is 16.8. The summed E-state index contributed by atoms with van der Waals surface area (Å²) in [6, 6.07) is 7.81. The van der Waals surface area contributed by atoms with Crippen LogP contribution in [0.4, 0.5) is 5.69 Å². The van der Waals surface area contributed by atoms with E-state index in [1.54, 1.807) is 14.0 Å². The van der Waals surface area contributed by atoms with Gasteiger partial charge in [0.25, 0.3) is 0 Å². The number of carbonyl (C=O) groups excluding carboxylic acids is 1. The Morgan fingerprint density at radius 3 is 2.57 bits per heavy atom. The smallest absolute Gasteiger partial charge is 0.236 e. The maximum Gasteiger partial charge on any atom is 0.236 e. The average Bonchev–Trinajstić information content (AvgIpc) is 2.48. The Morgan fingerprint density at radius 2 is 2.00 bits per heavy atom. The Balaban J connectivity index is 0.00000220. The number of carbonyl (C=O) groups is 1. The molecule has 2 rings (SSSR count). The predicted octanol–water partition coefficient (Wildman–Crippen LogP) is 1.55. The minimum atomic E-state index is -0.442. The number of nitrogens with zero attached hydrogens (tertiary/aromatic N) is 1. The van der Waals surface area contributed by atoms with Crippen molar-refractivity contribution in [2.75, 3.05) is 25.1 Å². The molecular formula is C15H24ClN3O2. The molecule has 118 valence electrons. The molecule has 1 fully saturated rings. The second kappa shape index (κ2) is 8.10. The first-order valence-electron chi connectivity index (χ1n) is 7.05. The molecule has 0 aromatic heterocycles. The van der Waals surface area contributed by atoms with Crippen LogP contribution < -0.4 is 20.7 Å². The van der Waals surface area contributed by atoms with Gasteiger partial charge >= 0.3 is 0 Å². The van der Waals surface area contributed by atoms with Crippen LogP contribution in [0.5, 0.6) is 5.75 Å². The number of hydrogen-bond acceptors (Lipinski definition) is 4. The first-order chi connectivity index (χ1) is 9.61. The molecule has 1 aromatic rings. The van der Waals surface area contributed by atoms with Gasteiger partial charge in [-0.1, -0.05) is 12.1 Å². The van der Waals surface area contributed by atoms with Gasteiger partial charge < -0.3 is 20.7 Å². The summed E-state index contributed by atoms with van der Waals surface area (Å²) in [5, 5.41) is 3.00. The molecule has 1 unspecified atom stereocenters. The lowest BCUT2D eigenvalue weighted by molar-refractivity contribution is -0.122. The second-order valence-corrected chi connectivity index (χ2v) is 5.23. The summed E-state index contributed by atoms with van der Waals surface area (Å²) in [4.78, 5) is 13.9. The zero-order valence-electron chi connectivity index (χ0n) is 12.5. The number of hydrogen-bond donors (Lipinski definition) is 2. The van der Waals surface area contributed by atoms with Crippen LogP contribution in [0.25, 0.3) is 0 Å². The monoisotopic (exact) mass is 313 g/mol. The molecule has 0 spiro atoms. The molecular weight excluding hydrogens is 290 g/mol. The highest BCUT2D eigenvalue weighted by Gasteiger charge is 2.23. The van der Waals surface area contributed by atoms with E-state index in [2.05, 4.69) is 16.3 Å². The lowest BCUT2D eigenvalue weighted by Gasteiger charge is -2.34. The van der Waals surface area contributed by atoms with Crippen LogP contribution in [0.15, 0.2) is 24.3 Å². The minimum absolute atomic E-state index is 0. The van der Waals surface area contributed by atoms with Gasteiger partial charge in [0, 0.05) is 19.1 Å². The Kier molecular flexibility index (Phi) is 6.78. The van der Waals surface area contributed by atoms with Crippen LogP contribution >= 0.6 is 12.4 Å². The zero-order chi connectivity index (χ0) is 14.5. The number of rotatable bonds is 4. The first kappa shape index (κ1) is 17.6. The van der Waals surface area contributed by atoms with E-state index in [0.29, 0.717) is 0 Å². The highest BCUT2D eigenvalue weighted by molar-refractivity contribution is 5.85. The molecule has 1 amide bonds. The molecule has 21 heavy (non-hydrogen) atoms. The van der Waals surface area contributed by atoms with Gasteiger partial charge in [-0.15, -0.1) is 12.4 Å². The maximum absolute atomic E-state index is 11.6. The highest BCUT2D eigenvalue weighted by Crippen LogP contribution is 2.29. The van der Waals surface area contributed by atoms with Crippen molar-refractivity contribution < 1.29 is 9.53 Å². The van der Waals surface area contributed by atoms with E-state index in [1.807, 2.05) is 18.2 Å². The number of anilines is 1. The van der Waals surface area contributed by atoms with Crippen LogP contribution in [0.1, 0.15) is 19.8 Å². The van der Waals surface area contributed by atoms with Gasteiger partial charge in [-0.25, -0.2) is 0 Å². The van der Waals surface area contributed by atoms with E-state index in [-0.39, 0.29) is 24.4 Å². The third-order valence-corrected chi connectivity index (χ3v) is 3.68. The summed E-state index contributed by atoms with van der Waals surface area (Å²) >= 11 is 0. The van der Waals surface area contributed by atoms with Crippen molar-refractivity contribution in [1.29, 1.82) is 0 Å². The molecule has 3 N–H and O–H groups in total. The largest absolute Gasteiger partial charge is 0.495 e. The van der Waals surface area contributed by atoms with Crippen LogP contribution in [-0.2, 0) is 4.79 Å². The molecule has 1 atom stereocenters. The van der Waals surface area contributed by atoms with Crippen molar-refractivity contribution in [3.05, 3.63) is 24.3 Å². The number of benzene rings is 1. The van der Waals surface area contributed by atoms with E-state index < -0.39 is 6.04 Å². The molecule has 0 saturated carbocycles. The van der Waals surface area contributed by atoms with Crippen molar-refractivity contribution in [2.24, 2.45) is 5.73 Å². The summed E-state index contributed by atoms with van der Waals surface area (Å²) in [7, 11) is 1.69. The van der Waals surface area contributed by atoms with Gasteiger partial charge in [-0.05, 0) is 31.9 Å². The number of methoxy groups -OCH3 is 1. The number of piperidine rings is 1. The van der Waals surface area contributed by atoms with Crippen LogP contribution in [0, 0.1) is 0 Å². The van der Waals surface area contributed by atoms with E-state index >= 15 is 0 Å². The molecule has 1 aliphatic heterocycles. The first-order valence-corrected chi connectivity index (χ1v) is 7.05. The molecule has 1 saturated heterocycles. The van der Waals surface area contributed by atoms with Crippen molar-refractivity contribution in [2.45, 2.75) is 31.8 Å². The summed E-state index contributed by atoms with van der Waals surface area (Å²) in [6.45, 7) is 3.52. The van der Waals surface area contributed by atoms with Gasteiger partial charge in [0.15, 0.2) is 0 Å². The molecule has 1 aromatic carbocycles. The third-order valence-electron chi connectivity index (χ3n) is 3.68. The highest BCUT2D eigenvalue weighted by atomic mass is 35.5. The number of nitrogens with one attached hydrogen (secondary N) is 1. The summed E-state index contributed by atoms with van der Waals surface area (Å²) in [6.07, 6.45) is 1.85. The minimum Gasteiger partial charge on any atom is -0.495 e. The number of halogens is 1. The zero-order valence-corrected chi connectivity index (χ0v) is 13.4. The fourth-order valence-electron chi connectivity index (χ4n) is 2.49. The number of ether oxygens (including phenoxy) is 1. The van der Waals surface area contributed by atoms with Gasteiger partial charge in [-0.3, -0.25) is 4.79 Å². The molecule has 0 aliphatic carbocycles. The third kappa shape index (κ3) is 4.51. The fraction of sp³-hybridized carbons (Fsp3) is 0.533. The van der Waals surface area contributed by atoms with E-state index in [9.17, 15) is 4.79 Å². The SMILES string of the molecule is COc1ccccc1N1CCC(NC(=O)C(C)N)CC1.Cl. The van der Waals surface area contributed by atoms with Crippen molar-refractivity contribution in [3.8, 4) is 5.75 Å². The molecule has 1 heterocycles. The second-order valence-electron chi connectivity index (χ2n) is 5.23. The Labute approximate surface area is 132 Å². The van der Waals surface area contributed by atoms with E-state index in [4.69, 9.17) is 10.5 Å². The molecule has 0 radical (unpaired) electrons. The van der Waals surface area contributed by atoms with Crippen molar-refractivity contribution in [1.82, 2.24) is 5.32 Å². The van der Waals surface area contributed by atoms with Gasteiger partial charge in [0.1, 0.15) is 5.75 Å². The standard InChI is InChI=1S/C15H23N3O2.ClH/c1-11(16)15(19)17-12-7-9-18(10-8-12)13-5-3-4-6-14(13)20-2;/h3-6,11-12H,7-10,16H2,1-2H3,(H,17,19);1H. The Bertz CT molecular complexity index is 460. The van der Waals surface area contributed by atoms with Gasteiger partial charge in [0.05, 0.1) is 18.8 Å². The number of para-hydroxylation sites is 2. The summed E-state index contributed by atoms with van der Waals surface area (Å²) < 4.78 is 5.39. The van der Waals surface area contributed by atoms with Crippen LogP contribution in [-0.4, -0.2) is 38.2 Å². The average molecular weight is 314 g/mol. The summed E-state index contributed by atoms with van der Waals surface area (Å²) in [5.74, 6) is 0.825. The van der Waals surface area contributed by atoms with Gasteiger partial charge in [0.2, 0.25) is 5.91 Å². The Hall–Kier alpha value is -1.46. The van der Waals surface area contributed by atoms with E-state index in [1.165, 1.54) is 0 Å². The molecule has 0 bridgehead atoms. The quantitative estimate of drug-likeness (QED) is 0.885. The number of nitrogens with two attached hydrogens (primary N) is 1. The fourth-order valence-corrected chi connectivity index (χ4v) is 2.49. The molecule has 5 nitrogen and oxygen atoms in total. The Morgan fingerprint density at radius 1 is 1.38 bits per heavy atom. The van der Waals surface area contributed by atoms with E-state index in [0.717, 1.165) is 37.4 Å². The molecule has 1 aliphatic rings. The summed E-state index contributed by atoms with van der Waals surface area (Å²) in [5.41, 5.74) is 6.69. The lowest BCUT2D eigenvalue weighted by atomic mass is 10.0. The molecule has 6 heteroatoms. The number of amides is 1. The van der Waals surface area contributed by atoms with Crippen molar-refractivity contribution >= 4 is 24.0 Å². The lowest BCUT2D eigenvalue weighted by Crippen LogP contribution is -2.48. The topological polar surface area (TPSA) is 67.6 Å². The van der Waals surface area contributed by atoms with Crippen LogP contribution in [0.3, 0.4) is 0 Å².